The Balaban J connectivity index is 0.000000102. The van der Waals surface area contributed by atoms with Crippen LogP contribution in [0.4, 0.5) is 0 Å². The van der Waals surface area contributed by atoms with E-state index in [1.54, 1.807) is 78.7 Å². The highest BCUT2D eigenvalue weighted by molar-refractivity contribution is 7.17. The summed E-state index contributed by atoms with van der Waals surface area (Å²) in [7, 11) is 0. The summed E-state index contributed by atoms with van der Waals surface area (Å²) >= 11 is 32.5. The molecule has 5 aromatic carbocycles. The van der Waals surface area contributed by atoms with Gasteiger partial charge in [-0.3, -0.25) is 19.0 Å². The standard InChI is InChI=1S/C14H7ClN4O3.C13H7ClN6O.C13H6ClN5O3.C12H6ClN7O.C12H6ClN7S/c15-9-4-8(3-7-1-2-21-12(7)9)10-5-11(17-6-16-10)13-18-14(20)22-19-13;14-9-4-8(3-7-1-2-21-12(7)9)10-5-11(16-6-15-10)13-17-19-20-18-13;14-7-1-6(2-9-11(7)21-5-17-9)8-3-10(16-4-15-8)12-18-13(20)22-19-12;2*13-7-1-6(2-9-11(7)21-5-16-9)8-3-10(15-4-14-8)12-17-19-20-18-12/h1-6H,(H,18,19,20);1-6H,(H,17,18,19,20);1-5H,(H,18,19,20);2*1-5H,(H,17,18,19,20). The Morgan fingerprint density at radius 2 is 0.682 bits per heavy atom. The number of thiazole rings is 1. The summed E-state index contributed by atoms with van der Waals surface area (Å²) in [6.45, 7) is 0. The molecule has 0 atom stereocenters. The van der Waals surface area contributed by atoms with Gasteiger partial charge in [0.25, 0.3) is 0 Å². The first-order valence-corrected chi connectivity index (χ1v) is 33.0. The second-order valence-electron chi connectivity index (χ2n) is 21.6. The third-order valence-corrected chi connectivity index (χ3v) is 17.5. The van der Waals surface area contributed by atoms with Crippen molar-refractivity contribution in [3.05, 3.63) is 212 Å². The number of furan rings is 2. The summed E-state index contributed by atoms with van der Waals surface area (Å²) in [6, 6.07) is 30.7. The molecule has 0 amide bonds. The van der Waals surface area contributed by atoms with Crippen molar-refractivity contribution in [3.63, 3.8) is 0 Å². The molecule has 0 aliphatic carbocycles. The van der Waals surface area contributed by atoms with E-state index in [9.17, 15) is 9.59 Å². The third-order valence-electron chi connectivity index (χ3n) is 15.1. The normalized spacial score (nSPS) is 11.1. The number of halogens is 5. The molecule has 15 aromatic heterocycles. The highest BCUT2D eigenvalue weighted by atomic mass is 35.5. The van der Waals surface area contributed by atoms with Gasteiger partial charge in [-0.1, -0.05) is 68.3 Å². The average molecular weight is 1540 g/mol. The Hall–Kier alpha value is -14.1. The molecule has 0 fully saturated rings. The number of aromatic amines is 5. The molecular weight excluding hydrogens is 1510 g/mol. The molecule has 522 valence electrons. The van der Waals surface area contributed by atoms with Crippen molar-refractivity contribution in [3.8, 4) is 114 Å². The van der Waals surface area contributed by atoms with Gasteiger partial charge in [0.05, 0.1) is 81.8 Å². The molecule has 0 saturated carbocycles. The zero-order valence-corrected chi connectivity index (χ0v) is 57.5. The van der Waals surface area contributed by atoms with Crippen LogP contribution in [0.3, 0.4) is 0 Å². The molecule has 20 aromatic rings. The molecule has 20 rings (SSSR count). The smallest absolute Gasteiger partial charge is 0.439 e. The number of benzene rings is 5. The van der Waals surface area contributed by atoms with Crippen LogP contribution >= 0.6 is 69.3 Å². The van der Waals surface area contributed by atoms with Crippen LogP contribution in [0.5, 0.6) is 0 Å². The van der Waals surface area contributed by atoms with Gasteiger partial charge in [0.15, 0.2) is 35.1 Å². The minimum Gasteiger partial charge on any atom is -0.463 e. The van der Waals surface area contributed by atoms with Gasteiger partial charge in [0, 0.05) is 38.6 Å². The second-order valence-corrected chi connectivity index (χ2v) is 24.5. The van der Waals surface area contributed by atoms with E-state index < -0.39 is 11.5 Å². The van der Waals surface area contributed by atoms with Gasteiger partial charge >= 0.3 is 11.5 Å². The van der Waals surface area contributed by atoms with E-state index in [2.05, 4.69) is 156 Å². The molecule has 0 spiro atoms. The third kappa shape index (κ3) is 14.7. The number of fused-ring (bicyclic) bond motifs is 5. The van der Waals surface area contributed by atoms with Crippen molar-refractivity contribution in [2.24, 2.45) is 0 Å². The largest absolute Gasteiger partial charge is 0.463 e. The van der Waals surface area contributed by atoms with Gasteiger partial charge in [-0.25, -0.2) is 74.4 Å². The van der Waals surface area contributed by atoms with Crippen molar-refractivity contribution >= 4 is 124 Å². The van der Waals surface area contributed by atoms with Crippen LogP contribution < -0.4 is 11.5 Å². The molecule has 0 saturated heterocycles. The first-order chi connectivity index (χ1) is 52.3. The van der Waals surface area contributed by atoms with Crippen LogP contribution in [0, 0.1) is 0 Å². The summed E-state index contributed by atoms with van der Waals surface area (Å²) in [5.74, 6) is 0.396. The molecule has 107 heavy (non-hydrogen) atoms. The van der Waals surface area contributed by atoms with Crippen LogP contribution in [0.15, 0.2) is 202 Å². The predicted molar refractivity (Wildman–Crippen MR) is 382 cm³/mol. The quantitative estimate of drug-likeness (QED) is 0.0849. The highest BCUT2D eigenvalue weighted by Crippen LogP contribution is 2.37. The van der Waals surface area contributed by atoms with E-state index in [-0.39, 0.29) is 11.6 Å². The number of hydrogen-bond acceptors (Lipinski definition) is 33. The van der Waals surface area contributed by atoms with Gasteiger partial charge < -0.3 is 17.7 Å². The van der Waals surface area contributed by atoms with Crippen molar-refractivity contribution in [2.75, 3.05) is 0 Å². The minimum atomic E-state index is -0.651. The van der Waals surface area contributed by atoms with Crippen molar-refractivity contribution in [1.82, 2.24) is 147 Å². The molecule has 0 aliphatic rings. The van der Waals surface area contributed by atoms with E-state index in [1.165, 1.54) is 55.8 Å². The van der Waals surface area contributed by atoms with Crippen molar-refractivity contribution in [2.45, 2.75) is 0 Å². The summed E-state index contributed by atoms with van der Waals surface area (Å²) in [5, 5.41) is 52.7. The van der Waals surface area contributed by atoms with Gasteiger partial charge in [0.2, 0.25) is 29.1 Å². The maximum absolute atomic E-state index is 11.0. The fraction of sp³-hybridized carbons (Fsp3) is 0. The van der Waals surface area contributed by atoms with Gasteiger partial charge in [0.1, 0.15) is 71.1 Å². The zero-order chi connectivity index (χ0) is 72.9. The Morgan fingerprint density at radius 1 is 0.336 bits per heavy atom. The Morgan fingerprint density at radius 3 is 1.06 bits per heavy atom. The van der Waals surface area contributed by atoms with Crippen LogP contribution in [-0.4, -0.2) is 147 Å². The summed E-state index contributed by atoms with van der Waals surface area (Å²) in [5.41, 5.74) is 16.3. The first kappa shape index (κ1) is 67.4. The molecule has 0 aliphatic heterocycles. The number of nitrogens with one attached hydrogen (secondary N) is 5. The number of H-pyrrole nitrogens is 5. The number of aromatic nitrogens is 29. The molecule has 15 heterocycles. The number of nitrogens with zero attached hydrogens (tertiary/aromatic N) is 24. The van der Waals surface area contributed by atoms with E-state index >= 15 is 0 Å². The van der Waals surface area contributed by atoms with E-state index in [0.29, 0.717) is 122 Å². The molecule has 0 bridgehead atoms. The number of rotatable bonds is 10. The summed E-state index contributed by atoms with van der Waals surface area (Å²) < 4.78 is 31.0. The fourth-order valence-electron chi connectivity index (χ4n) is 10.3. The van der Waals surface area contributed by atoms with Gasteiger partial charge in [-0.05, 0) is 119 Å². The summed E-state index contributed by atoms with van der Waals surface area (Å²) in [4.78, 5) is 81.1. The number of tetrazole rings is 3. The maximum Gasteiger partial charge on any atom is 0.439 e. The van der Waals surface area contributed by atoms with Gasteiger partial charge in [-0.2, -0.15) is 15.6 Å². The number of oxazole rings is 2. The number of hydrogen-bond donors (Lipinski definition) is 5. The molecule has 0 unspecified atom stereocenters. The minimum absolute atomic E-state index is 0.224. The van der Waals surface area contributed by atoms with Crippen LogP contribution in [0.25, 0.3) is 168 Å². The van der Waals surface area contributed by atoms with Crippen LogP contribution in [0.1, 0.15) is 0 Å². The topological polar surface area (TPSA) is 501 Å². The average Bonchev–Trinajstić information content (AvgIpc) is 1.57. The van der Waals surface area contributed by atoms with E-state index in [1.807, 2.05) is 42.5 Å². The van der Waals surface area contributed by atoms with Crippen LogP contribution in [0.2, 0.25) is 25.1 Å². The lowest BCUT2D eigenvalue weighted by Crippen LogP contribution is -1.96. The van der Waals surface area contributed by atoms with Gasteiger partial charge in [-0.15, -0.1) is 41.9 Å². The molecule has 37 nitrogen and oxygen atoms in total. The van der Waals surface area contributed by atoms with E-state index in [0.717, 1.165) is 60.2 Å². The Bertz CT molecular complexity index is 6150. The fourth-order valence-corrected chi connectivity index (χ4v) is 12.4. The SMILES string of the molecule is Clc1cc(-c2cc(-c3nn[nH]n3)ncn2)cc2ccoc12.Clc1cc(-c2cc(-c3nn[nH]n3)ncn2)cc2ncoc12.Clc1cc(-c2cc(-c3nn[nH]n3)ncn2)cc2ncsc12.O=c1[nH]c(-c2cc(-c3cc(Cl)c4occc4c3)ncn2)no1.O=c1[nH]c(-c2cc(-c3cc(Cl)c4ocnc4c3)ncn2)no1. The van der Waals surface area contributed by atoms with E-state index in [4.69, 9.17) is 75.7 Å². The van der Waals surface area contributed by atoms with Crippen molar-refractivity contribution in [1.29, 1.82) is 0 Å². The maximum atomic E-state index is 11.0. The Labute approximate surface area is 619 Å². The lowest BCUT2D eigenvalue weighted by atomic mass is 10.1. The predicted octanol–water partition coefficient (Wildman–Crippen LogP) is 12.6. The lowest BCUT2D eigenvalue weighted by Gasteiger charge is -2.03. The lowest BCUT2D eigenvalue weighted by molar-refractivity contribution is 0.387. The van der Waals surface area contributed by atoms with Crippen molar-refractivity contribution < 1.29 is 26.7 Å². The first-order valence-electron chi connectivity index (χ1n) is 30.2. The monoisotopic (exact) mass is 1540 g/mol. The zero-order valence-electron chi connectivity index (χ0n) is 52.9. The highest BCUT2D eigenvalue weighted by Gasteiger charge is 2.18. The van der Waals surface area contributed by atoms with Crippen LogP contribution in [-0.2, 0) is 0 Å². The summed E-state index contributed by atoms with van der Waals surface area (Å²) in [6.07, 6.45) is 12.9. The molecule has 43 heteroatoms. The molecule has 0 radical (unpaired) electrons. The Kier molecular flexibility index (Phi) is 18.7. The second kappa shape index (κ2) is 29.7. The molecule has 5 N–H and O–H groups in total. The molecular formula is C64H32Cl5N29O8S.